The molecular weight excluding hydrogens is 370 g/mol. The van der Waals surface area contributed by atoms with E-state index >= 15 is 0 Å². The molecule has 152 valence electrons. The summed E-state index contributed by atoms with van der Waals surface area (Å²) in [5, 5.41) is 1.80. The molecule has 0 aromatic heterocycles. The van der Waals surface area contributed by atoms with E-state index in [4.69, 9.17) is 9.47 Å². The van der Waals surface area contributed by atoms with Gasteiger partial charge in [-0.1, -0.05) is 18.2 Å². The number of methoxy groups -OCH3 is 1. The Hall–Kier alpha value is -3.48. The quantitative estimate of drug-likeness (QED) is 0.574. The van der Waals surface area contributed by atoms with Gasteiger partial charge in [0.2, 0.25) is 0 Å². The maximum Gasteiger partial charge on any atom is 0.337 e. The molecule has 0 bridgehead atoms. The standard InChI is InChI=1S/C22H25N3O4/c1-4-29-22(27)19-14-25(21(26)16-8-6-5-7-9-16)15-20(19)23-24(2)17-10-12-18(28-3)13-11-17/h5-13,23H,4,14-15H2,1-3H3. The van der Waals surface area contributed by atoms with Gasteiger partial charge in [0, 0.05) is 12.6 Å². The van der Waals surface area contributed by atoms with Gasteiger partial charge < -0.3 is 19.8 Å². The van der Waals surface area contributed by atoms with Gasteiger partial charge in [0.25, 0.3) is 5.91 Å². The smallest absolute Gasteiger partial charge is 0.337 e. The Kier molecular flexibility index (Phi) is 6.39. The molecule has 1 amide bonds. The second kappa shape index (κ2) is 9.14. The first kappa shape index (κ1) is 20.3. The molecule has 1 N–H and O–H groups in total. The minimum atomic E-state index is -0.415. The van der Waals surface area contributed by atoms with Crippen molar-refractivity contribution in [1.29, 1.82) is 0 Å². The SMILES string of the molecule is CCOC(=O)C1=C(NN(C)c2ccc(OC)cc2)CN(C(=O)c2ccccc2)C1. The van der Waals surface area contributed by atoms with Crippen LogP contribution in [-0.4, -0.2) is 50.6 Å². The molecule has 1 aliphatic heterocycles. The van der Waals surface area contributed by atoms with Crippen LogP contribution in [0.3, 0.4) is 0 Å². The fraction of sp³-hybridized carbons (Fsp3) is 0.273. The van der Waals surface area contributed by atoms with E-state index in [1.807, 2.05) is 49.5 Å². The maximum absolute atomic E-state index is 12.8. The number of nitrogens with one attached hydrogen (secondary N) is 1. The third-order valence-electron chi connectivity index (χ3n) is 4.65. The van der Waals surface area contributed by atoms with Crippen molar-refractivity contribution >= 4 is 17.6 Å². The van der Waals surface area contributed by atoms with E-state index < -0.39 is 5.97 Å². The lowest BCUT2D eigenvalue weighted by Gasteiger charge is -2.24. The van der Waals surface area contributed by atoms with Gasteiger partial charge in [0.15, 0.2) is 0 Å². The fourth-order valence-electron chi connectivity index (χ4n) is 3.12. The predicted molar refractivity (Wildman–Crippen MR) is 111 cm³/mol. The Morgan fingerprint density at radius 1 is 1.07 bits per heavy atom. The molecule has 0 saturated heterocycles. The van der Waals surface area contributed by atoms with Gasteiger partial charge in [-0.3, -0.25) is 9.80 Å². The van der Waals surface area contributed by atoms with Crippen molar-refractivity contribution in [2.24, 2.45) is 0 Å². The Morgan fingerprint density at radius 3 is 2.38 bits per heavy atom. The van der Waals surface area contributed by atoms with Crippen LogP contribution in [0.1, 0.15) is 17.3 Å². The molecule has 2 aromatic carbocycles. The van der Waals surface area contributed by atoms with Gasteiger partial charge in [-0.05, 0) is 43.3 Å². The summed E-state index contributed by atoms with van der Waals surface area (Å²) < 4.78 is 10.4. The Bertz CT molecular complexity index is 894. The molecule has 0 aliphatic carbocycles. The number of hydrogen-bond acceptors (Lipinski definition) is 6. The van der Waals surface area contributed by atoms with Gasteiger partial charge in [-0.25, -0.2) is 4.79 Å². The summed E-state index contributed by atoms with van der Waals surface area (Å²) in [6.45, 7) is 2.53. The zero-order valence-electron chi connectivity index (χ0n) is 16.8. The Balaban J connectivity index is 1.78. The number of benzene rings is 2. The number of carbonyl (C=O) groups is 2. The predicted octanol–water partition coefficient (Wildman–Crippen LogP) is 2.61. The number of ether oxygens (including phenoxy) is 2. The van der Waals surface area contributed by atoms with Crippen LogP contribution in [0.2, 0.25) is 0 Å². The summed E-state index contributed by atoms with van der Waals surface area (Å²) in [6.07, 6.45) is 0. The zero-order valence-corrected chi connectivity index (χ0v) is 16.8. The van der Waals surface area contributed by atoms with Crippen molar-refractivity contribution < 1.29 is 19.1 Å². The molecule has 1 aliphatic rings. The van der Waals surface area contributed by atoms with Gasteiger partial charge in [-0.15, -0.1) is 0 Å². The molecule has 7 nitrogen and oxygen atoms in total. The van der Waals surface area contributed by atoms with E-state index in [-0.39, 0.29) is 19.1 Å². The number of esters is 1. The second-order valence-corrected chi connectivity index (χ2v) is 6.57. The molecule has 0 radical (unpaired) electrons. The number of amides is 1. The van der Waals surface area contributed by atoms with Crippen LogP contribution in [-0.2, 0) is 9.53 Å². The van der Waals surface area contributed by atoms with Gasteiger partial charge in [0.1, 0.15) is 5.75 Å². The normalized spacial score (nSPS) is 13.3. The second-order valence-electron chi connectivity index (χ2n) is 6.57. The minimum absolute atomic E-state index is 0.128. The van der Waals surface area contributed by atoms with Gasteiger partial charge in [-0.2, -0.15) is 0 Å². The van der Waals surface area contributed by atoms with E-state index in [0.29, 0.717) is 23.4 Å². The number of anilines is 1. The topological polar surface area (TPSA) is 71.1 Å². The van der Waals surface area contributed by atoms with Gasteiger partial charge in [0.05, 0.1) is 43.8 Å². The number of carbonyl (C=O) groups excluding carboxylic acids is 2. The van der Waals surface area contributed by atoms with Crippen LogP contribution in [0.5, 0.6) is 5.75 Å². The highest BCUT2D eigenvalue weighted by Crippen LogP contribution is 2.22. The highest BCUT2D eigenvalue weighted by Gasteiger charge is 2.31. The first-order chi connectivity index (χ1) is 14.0. The van der Waals surface area contributed by atoms with Crippen molar-refractivity contribution in [3.05, 3.63) is 71.4 Å². The number of hydrazine groups is 1. The third-order valence-corrected chi connectivity index (χ3v) is 4.65. The van der Waals surface area contributed by atoms with E-state index in [0.717, 1.165) is 11.4 Å². The highest BCUT2D eigenvalue weighted by atomic mass is 16.5. The lowest BCUT2D eigenvalue weighted by molar-refractivity contribution is -0.138. The molecule has 2 aromatic rings. The first-order valence-electron chi connectivity index (χ1n) is 9.41. The molecular formula is C22H25N3O4. The van der Waals surface area contributed by atoms with Crippen LogP contribution in [0.4, 0.5) is 5.69 Å². The molecule has 7 heteroatoms. The van der Waals surface area contributed by atoms with Crippen molar-refractivity contribution in [1.82, 2.24) is 10.3 Å². The average Bonchev–Trinajstić information content (AvgIpc) is 3.18. The average molecular weight is 395 g/mol. The van der Waals surface area contributed by atoms with Gasteiger partial charge >= 0.3 is 5.97 Å². The van der Waals surface area contributed by atoms with E-state index in [9.17, 15) is 9.59 Å². The summed E-state index contributed by atoms with van der Waals surface area (Å²) in [5.41, 5.74) is 5.80. The molecule has 29 heavy (non-hydrogen) atoms. The number of rotatable bonds is 7. The maximum atomic E-state index is 12.8. The van der Waals surface area contributed by atoms with E-state index in [2.05, 4.69) is 5.43 Å². The Morgan fingerprint density at radius 2 is 1.76 bits per heavy atom. The highest BCUT2D eigenvalue weighted by molar-refractivity contribution is 5.98. The van der Waals surface area contributed by atoms with Crippen molar-refractivity contribution in [3.8, 4) is 5.75 Å². The van der Waals surface area contributed by atoms with Crippen LogP contribution >= 0.6 is 0 Å². The molecule has 0 atom stereocenters. The zero-order chi connectivity index (χ0) is 20.8. The monoisotopic (exact) mass is 395 g/mol. The lowest BCUT2D eigenvalue weighted by atomic mass is 10.2. The molecule has 1 heterocycles. The van der Waals surface area contributed by atoms with E-state index in [1.54, 1.807) is 36.1 Å². The van der Waals surface area contributed by atoms with E-state index in [1.165, 1.54) is 0 Å². The first-order valence-corrected chi connectivity index (χ1v) is 9.41. The lowest BCUT2D eigenvalue weighted by Crippen LogP contribution is -2.37. The summed E-state index contributed by atoms with van der Waals surface area (Å²) >= 11 is 0. The number of nitrogens with zero attached hydrogens (tertiary/aromatic N) is 2. The van der Waals surface area contributed by atoms with Crippen LogP contribution < -0.4 is 15.2 Å². The molecule has 3 rings (SSSR count). The summed E-state index contributed by atoms with van der Waals surface area (Å²) in [7, 11) is 3.46. The van der Waals surface area contributed by atoms with Crippen LogP contribution in [0.15, 0.2) is 65.9 Å². The summed E-state index contributed by atoms with van der Waals surface area (Å²) in [5.74, 6) is 0.215. The van der Waals surface area contributed by atoms with Crippen molar-refractivity contribution in [2.45, 2.75) is 6.92 Å². The summed E-state index contributed by atoms with van der Waals surface area (Å²) in [4.78, 5) is 26.9. The Labute approximate surface area is 170 Å². The van der Waals surface area contributed by atoms with Crippen LogP contribution in [0, 0.1) is 0 Å². The fourth-order valence-corrected chi connectivity index (χ4v) is 3.12. The van der Waals surface area contributed by atoms with Crippen molar-refractivity contribution in [2.75, 3.05) is 38.9 Å². The number of hydrogen-bond donors (Lipinski definition) is 1. The molecule has 0 unspecified atom stereocenters. The molecule has 0 spiro atoms. The largest absolute Gasteiger partial charge is 0.497 e. The van der Waals surface area contributed by atoms with Crippen molar-refractivity contribution in [3.63, 3.8) is 0 Å². The molecule has 0 fully saturated rings. The summed E-state index contributed by atoms with van der Waals surface area (Å²) in [6, 6.07) is 16.5. The molecule has 0 saturated carbocycles. The minimum Gasteiger partial charge on any atom is -0.497 e. The third kappa shape index (κ3) is 4.68. The van der Waals surface area contributed by atoms with Crippen LogP contribution in [0.25, 0.3) is 0 Å².